The largest absolute Gasteiger partial charge is 0.495 e. The summed E-state index contributed by atoms with van der Waals surface area (Å²) < 4.78 is 16.9. The number of carbonyl (C=O) groups is 4. The Bertz CT molecular complexity index is 1400. The van der Waals surface area contributed by atoms with Crippen LogP contribution in [0, 0.1) is 17.8 Å². The third-order valence-electron chi connectivity index (χ3n) is 7.92. The molecule has 1 saturated heterocycles. The van der Waals surface area contributed by atoms with Gasteiger partial charge >= 0.3 is 11.9 Å². The predicted octanol–water partition coefficient (Wildman–Crippen LogP) is 4.25. The molecule has 256 valence electrons. The Morgan fingerprint density at radius 2 is 1.77 bits per heavy atom. The number of epoxide rings is 1. The molecule has 0 aliphatic carbocycles. The second-order valence-electron chi connectivity index (χ2n) is 12.3. The number of aliphatic hydroxyl groups is 1. The van der Waals surface area contributed by atoms with Crippen molar-refractivity contribution in [2.45, 2.75) is 77.4 Å². The van der Waals surface area contributed by atoms with E-state index in [4.69, 9.17) is 25.8 Å². The fourth-order valence-corrected chi connectivity index (χ4v) is 5.34. The van der Waals surface area contributed by atoms with Gasteiger partial charge in [-0.2, -0.15) is 0 Å². The Kier molecular flexibility index (Phi) is 14.2. The molecule has 0 bridgehead atoms. The third kappa shape index (κ3) is 11.7. The molecule has 2 aromatic rings. The number of hydrogen-bond donors (Lipinski definition) is 4. The average Bonchev–Trinajstić information content (AvgIpc) is 3.83. The van der Waals surface area contributed by atoms with Crippen LogP contribution in [0.5, 0.6) is 5.75 Å². The minimum Gasteiger partial charge on any atom is -0.495 e. The van der Waals surface area contributed by atoms with Gasteiger partial charge in [-0.15, -0.1) is 0 Å². The van der Waals surface area contributed by atoms with Crippen molar-refractivity contribution < 1.29 is 43.6 Å². The molecule has 0 aromatic heterocycles. The Hall–Kier alpha value is -3.93. The molecule has 4 N–H and O–H groups in total. The first-order valence-electron chi connectivity index (χ1n) is 15.7. The highest BCUT2D eigenvalue weighted by Gasteiger charge is 2.47. The second-order valence-corrected chi connectivity index (χ2v) is 12.7. The molecule has 1 aliphatic rings. The fourth-order valence-electron chi connectivity index (χ4n) is 5.06. The Morgan fingerprint density at radius 3 is 2.38 bits per heavy atom. The number of amides is 2. The summed E-state index contributed by atoms with van der Waals surface area (Å²) >= 11 is 6.26. The molecule has 2 amide bonds. The van der Waals surface area contributed by atoms with E-state index in [9.17, 15) is 29.4 Å². The maximum Gasteiger partial charge on any atom is 0.335 e. The number of benzene rings is 2. The first-order valence-corrected chi connectivity index (χ1v) is 16.1. The van der Waals surface area contributed by atoms with E-state index in [-0.39, 0.29) is 49.9 Å². The predicted molar refractivity (Wildman–Crippen MR) is 176 cm³/mol. The summed E-state index contributed by atoms with van der Waals surface area (Å²) in [4.78, 5) is 50.2. The van der Waals surface area contributed by atoms with Gasteiger partial charge in [-0.3, -0.25) is 14.4 Å². The van der Waals surface area contributed by atoms with Crippen molar-refractivity contribution >= 4 is 35.4 Å². The van der Waals surface area contributed by atoms with Crippen LogP contribution >= 0.6 is 11.6 Å². The number of nitrogens with one attached hydrogen (secondary N) is 2. The van der Waals surface area contributed by atoms with E-state index in [1.807, 2.05) is 51.1 Å². The Morgan fingerprint density at radius 1 is 1.06 bits per heavy atom. The van der Waals surface area contributed by atoms with Crippen molar-refractivity contribution in [2.24, 2.45) is 17.8 Å². The topological polar surface area (TPSA) is 164 Å². The van der Waals surface area contributed by atoms with Crippen LogP contribution in [0.2, 0.25) is 5.02 Å². The smallest absolute Gasteiger partial charge is 0.335 e. The second kappa shape index (κ2) is 17.8. The van der Waals surface area contributed by atoms with Gasteiger partial charge in [0, 0.05) is 25.3 Å². The van der Waals surface area contributed by atoms with Crippen LogP contribution in [0.1, 0.15) is 57.8 Å². The maximum atomic E-state index is 13.1. The quantitative estimate of drug-likeness (QED) is 0.103. The molecule has 1 aliphatic heterocycles. The zero-order valence-electron chi connectivity index (χ0n) is 27.4. The summed E-state index contributed by atoms with van der Waals surface area (Å²) in [6.45, 7) is 7.02. The van der Waals surface area contributed by atoms with E-state index < -0.39 is 47.9 Å². The van der Waals surface area contributed by atoms with Gasteiger partial charge in [-0.05, 0) is 41.7 Å². The van der Waals surface area contributed by atoms with Crippen molar-refractivity contribution in [3.8, 4) is 5.75 Å². The van der Waals surface area contributed by atoms with Crippen LogP contribution in [0.25, 0.3) is 0 Å². The molecular formula is C35H45ClN2O9. The molecule has 1 fully saturated rings. The summed E-state index contributed by atoms with van der Waals surface area (Å²) in [5.41, 5.74) is 1.65. The number of carbonyl (C=O) groups excluding carboxylic acids is 3. The number of hydrogen-bond acceptors (Lipinski definition) is 8. The van der Waals surface area contributed by atoms with E-state index in [0.717, 1.165) is 5.56 Å². The molecular weight excluding hydrogens is 628 g/mol. The summed E-state index contributed by atoms with van der Waals surface area (Å²) in [6, 6.07) is 13.6. The molecule has 47 heavy (non-hydrogen) atoms. The van der Waals surface area contributed by atoms with Crippen LogP contribution < -0.4 is 15.4 Å². The minimum absolute atomic E-state index is 0.0709. The standard InChI is InChI=1S/C35H45ClN2O9/c1-20(2)16-27(39)35(44)46-28(22(4)31-32(47-31)24-10-7-6-8-11-24)12-9-13-30(40)38-26(33(41)37-19-21(3)34(42)43)18-23-14-15-29(45-5)25(36)17-23/h6-11,13-15,17,20-22,26-28,31-32,39H,12,16,18-19H2,1-5H3,(H,37,41)(H,38,40)(H,42,43)/b13-9+/t21-,22+,26+,27-,28-,31-,32+/m0/s1. The van der Waals surface area contributed by atoms with Crippen molar-refractivity contribution in [2.75, 3.05) is 13.7 Å². The van der Waals surface area contributed by atoms with Gasteiger partial charge in [0.05, 0.1) is 24.2 Å². The highest BCUT2D eigenvalue weighted by molar-refractivity contribution is 6.32. The number of carboxylic acids is 1. The first-order chi connectivity index (χ1) is 22.3. The van der Waals surface area contributed by atoms with Gasteiger partial charge < -0.3 is 35.1 Å². The van der Waals surface area contributed by atoms with Crippen LogP contribution in [0.15, 0.2) is 60.7 Å². The van der Waals surface area contributed by atoms with E-state index >= 15 is 0 Å². The maximum absolute atomic E-state index is 13.1. The molecule has 0 radical (unpaired) electrons. The zero-order chi connectivity index (χ0) is 34.7. The zero-order valence-corrected chi connectivity index (χ0v) is 28.1. The molecule has 11 nitrogen and oxygen atoms in total. The molecule has 2 aromatic carbocycles. The highest BCUT2D eigenvalue weighted by atomic mass is 35.5. The summed E-state index contributed by atoms with van der Waals surface area (Å²) in [6.07, 6.45) is 0.900. The van der Waals surface area contributed by atoms with E-state index in [1.165, 1.54) is 20.1 Å². The van der Waals surface area contributed by atoms with Crippen LogP contribution in [0.3, 0.4) is 0 Å². The van der Waals surface area contributed by atoms with Gasteiger partial charge in [-0.25, -0.2) is 4.79 Å². The molecule has 7 atom stereocenters. The van der Waals surface area contributed by atoms with Crippen molar-refractivity contribution in [1.82, 2.24) is 10.6 Å². The van der Waals surface area contributed by atoms with Crippen molar-refractivity contribution in [1.29, 1.82) is 0 Å². The van der Waals surface area contributed by atoms with Crippen LogP contribution in [-0.4, -0.2) is 72.0 Å². The van der Waals surface area contributed by atoms with Gasteiger partial charge in [0.25, 0.3) is 0 Å². The first kappa shape index (κ1) is 37.5. The fraction of sp³-hybridized carbons (Fsp3) is 0.486. The van der Waals surface area contributed by atoms with Crippen LogP contribution in [0.4, 0.5) is 0 Å². The summed E-state index contributed by atoms with van der Waals surface area (Å²) in [5.74, 6) is -3.52. The minimum atomic E-state index is -1.28. The number of esters is 1. The number of carboxylic acid groups (broad SMARTS) is 1. The number of halogens is 1. The lowest BCUT2D eigenvalue weighted by molar-refractivity contribution is -0.162. The van der Waals surface area contributed by atoms with Crippen molar-refractivity contribution in [3.05, 3.63) is 76.8 Å². The monoisotopic (exact) mass is 672 g/mol. The summed E-state index contributed by atoms with van der Waals surface area (Å²) in [7, 11) is 1.48. The highest BCUT2D eigenvalue weighted by Crippen LogP contribution is 2.45. The molecule has 12 heteroatoms. The lowest BCUT2D eigenvalue weighted by Crippen LogP contribution is -2.48. The Labute approximate surface area is 280 Å². The van der Waals surface area contributed by atoms with Gasteiger partial charge in [-0.1, -0.05) is 81.8 Å². The number of aliphatic carboxylic acids is 1. The molecule has 0 spiro atoms. The van der Waals surface area contributed by atoms with E-state index in [2.05, 4.69) is 10.6 Å². The summed E-state index contributed by atoms with van der Waals surface area (Å²) in [5, 5.41) is 25.2. The van der Waals surface area contributed by atoms with Gasteiger partial charge in [0.15, 0.2) is 6.10 Å². The number of rotatable bonds is 18. The van der Waals surface area contributed by atoms with Crippen molar-refractivity contribution in [3.63, 3.8) is 0 Å². The van der Waals surface area contributed by atoms with E-state index in [0.29, 0.717) is 16.3 Å². The third-order valence-corrected chi connectivity index (χ3v) is 8.22. The normalized spacial score (nSPS) is 18.9. The average molecular weight is 673 g/mol. The van der Waals surface area contributed by atoms with Gasteiger partial charge in [0.1, 0.15) is 24.0 Å². The number of aliphatic hydroxyl groups excluding tert-OH is 1. The number of methoxy groups -OCH3 is 1. The molecule has 0 unspecified atom stereocenters. The van der Waals surface area contributed by atoms with E-state index in [1.54, 1.807) is 24.3 Å². The van der Waals surface area contributed by atoms with Crippen LogP contribution in [-0.2, 0) is 35.1 Å². The molecule has 1 heterocycles. The lowest BCUT2D eigenvalue weighted by atomic mass is 9.93. The SMILES string of the molecule is COc1ccc(C[C@@H](NC(=O)/C=C/C[C@H](OC(=O)[C@@H](O)CC(C)C)[C@@H](C)[C@@H]2O[C@@H]2c2ccccc2)C(=O)NC[C@H](C)C(=O)O)cc1Cl. The van der Waals surface area contributed by atoms with Gasteiger partial charge in [0.2, 0.25) is 11.8 Å². The Balaban J connectivity index is 1.72. The molecule has 3 rings (SSSR count). The number of ether oxygens (including phenoxy) is 3. The lowest BCUT2D eigenvalue weighted by Gasteiger charge is -2.24. The molecule has 0 saturated carbocycles.